The van der Waals surface area contributed by atoms with E-state index in [1.54, 1.807) is 42.1 Å². The predicted octanol–water partition coefficient (Wildman–Crippen LogP) is 1.88. The highest BCUT2D eigenvalue weighted by Crippen LogP contribution is 2.28. The average Bonchev–Trinajstić information content (AvgIpc) is 3.13. The molecular formula is C18H21BN4O3S. The first-order valence-corrected chi connectivity index (χ1v) is 9.41. The average molecular weight is 384 g/mol. The lowest BCUT2D eigenvalue weighted by Gasteiger charge is -2.20. The Bertz CT molecular complexity index is 945. The Morgan fingerprint density at radius 1 is 1.30 bits per heavy atom. The molecule has 0 radical (unpaired) electrons. The number of hydrogen-bond acceptors (Lipinski definition) is 8. The summed E-state index contributed by atoms with van der Waals surface area (Å²) in [5.74, 6) is 1.55. The van der Waals surface area contributed by atoms with Crippen LogP contribution < -0.4 is 15.2 Å². The van der Waals surface area contributed by atoms with Gasteiger partial charge < -0.3 is 14.8 Å². The van der Waals surface area contributed by atoms with Crippen LogP contribution in [0.15, 0.2) is 41.1 Å². The summed E-state index contributed by atoms with van der Waals surface area (Å²) in [5.41, 5.74) is 1.99. The third-order valence-corrected chi connectivity index (χ3v) is 4.79. The molecule has 2 aromatic heterocycles. The van der Waals surface area contributed by atoms with E-state index in [0.717, 1.165) is 21.6 Å². The number of hydrogen-bond donors (Lipinski definition) is 2. The molecule has 0 bridgehead atoms. The van der Waals surface area contributed by atoms with Crippen LogP contribution in [-0.2, 0) is 0 Å². The van der Waals surface area contributed by atoms with Crippen LogP contribution in [0.1, 0.15) is 19.4 Å². The SMILES string of the molecule is COc1cc(/C=N/N(CC(C)C)c2ncnc3ccsc23)ccc1B(O)O. The van der Waals surface area contributed by atoms with Crippen molar-refractivity contribution in [3.8, 4) is 5.75 Å². The predicted molar refractivity (Wildman–Crippen MR) is 110 cm³/mol. The van der Waals surface area contributed by atoms with Crippen molar-refractivity contribution in [2.45, 2.75) is 13.8 Å². The third-order valence-electron chi connectivity index (χ3n) is 3.89. The Labute approximate surface area is 162 Å². The van der Waals surface area contributed by atoms with Gasteiger partial charge in [0, 0.05) is 12.0 Å². The van der Waals surface area contributed by atoms with Gasteiger partial charge >= 0.3 is 7.12 Å². The Morgan fingerprint density at radius 3 is 2.81 bits per heavy atom. The van der Waals surface area contributed by atoms with E-state index in [-0.39, 0.29) is 0 Å². The molecule has 140 valence electrons. The molecule has 2 N–H and O–H groups in total. The van der Waals surface area contributed by atoms with Crippen molar-refractivity contribution < 1.29 is 14.8 Å². The zero-order chi connectivity index (χ0) is 19.4. The highest BCUT2D eigenvalue weighted by Gasteiger charge is 2.17. The number of hydrazone groups is 1. The van der Waals surface area contributed by atoms with Gasteiger partial charge in [-0.15, -0.1) is 11.3 Å². The second-order valence-electron chi connectivity index (χ2n) is 6.43. The van der Waals surface area contributed by atoms with Crippen LogP contribution in [0, 0.1) is 5.92 Å². The lowest BCUT2D eigenvalue weighted by atomic mass is 9.79. The second-order valence-corrected chi connectivity index (χ2v) is 7.34. The summed E-state index contributed by atoms with van der Waals surface area (Å²) in [6.07, 6.45) is 3.26. The number of rotatable bonds is 7. The Hall–Kier alpha value is -2.49. The summed E-state index contributed by atoms with van der Waals surface area (Å²) in [5, 5.41) is 27.3. The van der Waals surface area contributed by atoms with Crippen molar-refractivity contribution in [3.63, 3.8) is 0 Å². The molecule has 0 aliphatic carbocycles. The van der Waals surface area contributed by atoms with E-state index in [9.17, 15) is 10.0 Å². The van der Waals surface area contributed by atoms with Crippen LogP contribution in [0.4, 0.5) is 5.82 Å². The van der Waals surface area contributed by atoms with Gasteiger partial charge in [0.2, 0.25) is 0 Å². The van der Waals surface area contributed by atoms with Crippen molar-refractivity contribution in [2.24, 2.45) is 11.0 Å². The first kappa shape index (κ1) is 19.3. The van der Waals surface area contributed by atoms with Gasteiger partial charge in [0.1, 0.15) is 12.1 Å². The number of ether oxygens (including phenoxy) is 1. The van der Waals surface area contributed by atoms with Crippen LogP contribution in [0.5, 0.6) is 5.75 Å². The van der Waals surface area contributed by atoms with Crippen molar-refractivity contribution in [1.29, 1.82) is 0 Å². The molecule has 0 fully saturated rings. The number of methoxy groups -OCH3 is 1. The topological polar surface area (TPSA) is 91.1 Å². The number of thiophene rings is 1. The summed E-state index contributed by atoms with van der Waals surface area (Å²) in [4.78, 5) is 8.72. The van der Waals surface area contributed by atoms with Gasteiger partial charge in [-0.05, 0) is 29.0 Å². The van der Waals surface area contributed by atoms with Gasteiger partial charge in [-0.2, -0.15) is 5.10 Å². The third kappa shape index (κ3) is 4.44. The first-order valence-electron chi connectivity index (χ1n) is 8.53. The summed E-state index contributed by atoms with van der Waals surface area (Å²) in [6.45, 7) is 4.94. The fraction of sp³-hybridized carbons (Fsp3) is 0.278. The molecule has 9 heteroatoms. The van der Waals surface area contributed by atoms with Crippen LogP contribution in [0.25, 0.3) is 10.2 Å². The van der Waals surface area contributed by atoms with Gasteiger partial charge in [-0.3, -0.25) is 0 Å². The van der Waals surface area contributed by atoms with E-state index in [1.807, 2.05) is 16.5 Å². The van der Waals surface area contributed by atoms with Crippen molar-refractivity contribution >= 4 is 46.2 Å². The largest absolute Gasteiger partial charge is 0.497 e. The smallest absolute Gasteiger partial charge is 0.492 e. The van der Waals surface area contributed by atoms with Crippen LogP contribution in [-0.4, -0.2) is 47.0 Å². The maximum Gasteiger partial charge on any atom is 0.492 e. The van der Waals surface area contributed by atoms with Crippen LogP contribution in [0.3, 0.4) is 0 Å². The molecule has 0 saturated heterocycles. The molecule has 0 aliphatic rings. The molecule has 0 amide bonds. The number of benzene rings is 1. The summed E-state index contributed by atoms with van der Waals surface area (Å²) in [7, 11) is -0.0988. The van der Waals surface area contributed by atoms with Crippen molar-refractivity contribution in [3.05, 3.63) is 41.5 Å². The number of anilines is 1. The zero-order valence-corrected chi connectivity index (χ0v) is 16.2. The summed E-state index contributed by atoms with van der Waals surface area (Å²) in [6, 6.07) is 7.05. The molecule has 1 aromatic carbocycles. The number of fused-ring (bicyclic) bond motifs is 1. The van der Waals surface area contributed by atoms with E-state index in [1.165, 1.54) is 7.11 Å². The lowest BCUT2D eigenvalue weighted by molar-refractivity contribution is 0.403. The Balaban J connectivity index is 1.94. The fourth-order valence-corrected chi connectivity index (χ4v) is 3.49. The molecule has 0 unspecified atom stereocenters. The van der Waals surface area contributed by atoms with Crippen molar-refractivity contribution in [2.75, 3.05) is 18.7 Å². The Kier molecular flexibility index (Phi) is 6.05. The molecule has 3 rings (SSSR count). The second kappa shape index (κ2) is 8.47. The standard InChI is InChI=1S/C18H21BN4O3S/c1-12(2)10-23(18-17-15(6-7-27-17)20-11-21-18)22-9-13-4-5-14(19(24)25)16(8-13)26-3/h4-9,11-12,24-25H,10H2,1-3H3/b22-9+. The summed E-state index contributed by atoms with van der Waals surface area (Å²) >= 11 is 1.59. The fourth-order valence-electron chi connectivity index (χ4n) is 2.65. The minimum Gasteiger partial charge on any atom is -0.497 e. The Morgan fingerprint density at radius 2 is 2.11 bits per heavy atom. The van der Waals surface area contributed by atoms with Gasteiger partial charge in [-0.25, -0.2) is 15.0 Å². The van der Waals surface area contributed by atoms with E-state index < -0.39 is 7.12 Å². The zero-order valence-electron chi connectivity index (χ0n) is 15.4. The number of nitrogens with zero attached hydrogens (tertiary/aromatic N) is 4. The molecule has 2 heterocycles. The molecule has 0 atom stereocenters. The van der Waals surface area contributed by atoms with Gasteiger partial charge in [-0.1, -0.05) is 26.0 Å². The van der Waals surface area contributed by atoms with Crippen molar-refractivity contribution in [1.82, 2.24) is 9.97 Å². The maximum absolute atomic E-state index is 9.39. The molecule has 27 heavy (non-hydrogen) atoms. The van der Waals surface area contributed by atoms with Gasteiger partial charge in [0.15, 0.2) is 5.82 Å². The van der Waals surface area contributed by atoms with Gasteiger partial charge in [0.05, 0.1) is 23.5 Å². The van der Waals surface area contributed by atoms with E-state index in [2.05, 4.69) is 28.9 Å². The van der Waals surface area contributed by atoms with E-state index >= 15 is 0 Å². The highest BCUT2D eigenvalue weighted by molar-refractivity contribution is 7.17. The number of aromatic nitrogens is 2. The molecule has 0 aliphatic heterocycles. The minimum absolute atomic E-state index is 0.310. The van der Waals surface area contributed by atoms with Crippen LogP contribution in [0.2, 0.25) is 0 Å². The van der Waals surface area contributed by atoms with Crippen LogP contribution >= 0.6 is 11.3 Å². The molecule has 0 spiro atoms. The normalized spacial score (nSPS) is 11.5. The van der Waals surface area contributed by atoms with Gasteiger partial charge in [0.25, 0.3) is 0 Å². The molecule has 7 nitrogen and oxygen atoms in total. The first-order chi connectivity index (χ1) is 13.0. The monoisotopic (exact) mass is 384 g/mol. The quantitative estimate of drug-likeness (QED) is 0.367. The maximum atomic E-state index is 9.39. The lowest BCUT2D eigenvalue weighted by Crippen LogP contribution is -2.31. The molecular weight excluding hydrogens is 363 g/mol. The summed E-state index contributed by atoms with van der Waals surface area (Å²) < 4.78 is 6.23. The molecule has 3 aromatic rings. The highest BCUT2D eigenvalue weighted by atomic mass is 32.1. The van der Waals surface area contributed by atoms with E-state index in [4.69, 9.17) is 4.74 Å². The minimum atomic E-state index is -1.59. The molecule has 0 saturated carbocycles. The van der Waals surface area contributed by atoms with E-state index in [0.29, 0.717) is 23.7 Å².